The number of hydrogen-bond donors (Lipinski definition) is 3. The van der Waals surface area contributed by atoms with E-state index in [1.807, 2.05) is 66.7 Å². The van der Waals surface area contributed by atoms with Gasteiger partial charge in [0.15, 0.2) is 0 Å². The number of aromatic hydroxyl groups is 2. The number of nitrogens with one attached hydrogen (secondary N) is 1. The van der Waals surface area contributed by atoms with E-state index in [4.69, 9.17) is 4.74 Å². The van der Waals surface area contributed by atoms with Gasteiger partial charge in [0, 0.05) is 21.5 Å². The summed E-state index contributed by atoms with van der Waals surface area (Å²) in [7, 11) is 0. The van der Waals surface area contributed by atoms with Crippen LogP contribution < -0.4 is 10.1 Å². The summed E-state index contributed by atoms with van der Waals surface area (Å²) in [5, 5.41) is 24.3. The first-order valence-corrected chi connectivity index (χ1v) is 11.7. The van der Waals surface area contributed by atoms with Crippen LogP contribution in [0, 0.1) is 0 Å². The molecule has 5 aromatic carbocycles. The molecule has 1 amide bonds. The molecule has 0 aromatic heterocycles. The average Bonchev–Trinajstić information content (AvgIpc) is 2.86. The second-order valence-electron chi connectivity index (χ2n) is 7.87. The van der Waals surface area contributed by atoms with Crippen LogP contribution in [0.4, 0.5) is 5.69 Å². The fourth-order valence-corrected chi connectivity index (χ4v) is 4.42. The molecule has 3 N–H and O–H groups in total. The standard InChI is InChI=1S/C29H21NO4S/c31-22-8-12-25(13-9-22)35-26-14-10-23(11-15-26)34-24-7-3-6-21(18-24)30-29(33)27-16-19-4-1-2-5-20(19)17-28(27)32/h1-18,31-32H,(H,30,33). The van der Waals surface area contributed by atoms with E-state index in [0.29, 0.717) is 17.2 Å². The highest BCUT2D eigenvalue weighted by atomic mass is 32.2. The zero-order valence-electron chi connectivity index (χ0n) is 18.5. The summed E-state index contributed by atoms with van der Waals surface area (Å²) in [6.07, 6.45) is 0. The van der Waals surface area contributed by atoms with Crippen molar-refractivity contribution in [2.75, 3.05) is 5.32 Å². The number of fused-ring (bicyclic) bond motifs is 1. The van der Waals surface area contributed by atoms with Crippen LogP contribution in [0.15, 0.2) is 119 Å². The molecule has 5 aromatic rings. The molecule has 172 valence electrons. The third-order valence-corrected chi connectivity index (χ3v) is 6.35. The van der Waals surface area contributed by atoms with E-state index in [-0.39, 0.29) is 17.1 Å². The monoisotopic (exact) mass is 479 g/mol. The summed E-state index contributed by atoms with van der Waals surface area (Å²) in [5.74, 6) is 1.01. The minimum atomic E-state index is -0.402. The molecule has 0 aliphatic heterocycles. The molecule has 0 aliphatic carbocycles. The molecule has 0 saturated carbocycles. The highest BCUT2D eigenvalue weighted by Crippen LogP contribution is 2.32. The van der Waals surface area contributed by atoms with E-state index in [9.17, 15) is 15.0 Å². The van der Waals surface area contributed by atoms with Crippen molar-refractivity contribution in [2.24, 2.45) is 0 Å². The Hall–Kier alpha value is -4.42. The van der Waals surface area contributed by atoms with E-state index in [1.54, 1.807) is 54.2 Å². The van der Waals surface area contributed by atoms with Crippen LogP contribution in [0.1, 0.15) is 10.4 Å². The fraction of sp³-hybridized carbons (Fsp3) is 0. The second kappa shape index (κ2) is 9.83. The largest absolute Gasteiger partial charge is 0.508 e. The predicted octanol–water partition coefficient (Wildman–Crippen LogP) is 7.45. The van der Waals surface area contributed by atoms with Gasteiger partial charge >= 0.3 is 0 Å². The van der Waals surface area contributed by atoms with Gasteiger partial charge < -0.3 is 20.3 Å². The summed E-state index contributed by atoms with van der Waals surface area (Å²) in [4.78, 5) is 14.9. The lowest BCUT2D eigenvalue weighted by Gasteiger charge is -2.11. The van der Waals surface area contributed by atoms with Gasteiger partial charge in [-0.1, -0.05) is 42.1 Å². The first-order chi connectivity index (χ1) is 17.0. The Bertz CT molecular complexity index is 1500. The smallest absolute Gasteiger partial charge is 0.259 e. The Kier molecular flexibility index (Phi) is 6.28. The topological polar surface area (TPSA) is 78.8 Å². The zero-order chi connectivity index (χ0) is 24.2. The Morgan fingerprint density at radius 1 is 0.686 bits per heavy atom. The summed E-state index contributed by atoms with van der Waals surface area (Å²) >= 11 is 1.59. The molecule has 0 saturated heterocycles. The Balaban J connectivity index is 1.26. The molecule has 0 heterocycles. The van der Waals surface area contributed by atoms with Gasteiger partial charge in [-0.15, -0.1) is 0 Å². The van der Waals surface area contributed by atoms with E-state index >= 15 is 0 Å². The maximum Gasteiger partial charge on any atom is 0.259 e. The number of carbonyl (C=O) groups excluding carboxylic acids is 1. The van der Waals surface area contributed by atoms with Gasteiger partial charge in [0.05, 0.1) is 5.56 Å². The molecule has 0 bridgehead atoms. The third-order valence-electron chi connectivity index (χ3n) is 5.33. The number of hydrogen-bond acceptors (Lipinski definition) is 5. The van der Waals surface area contributed by atoms with Gasteiger partial charge in [-0.3, -0.25) is 4.79 Å². The lowest BCUT2D eigenvalue weighted by Crippen LogP contribution is -2.12. The summed E-state index contributed by atoms with van der Waals surface area (Å²) in [5.41, 5.74) is 0.760. The van der Waals surface area contributed by atoms with E-state index < -0.39 is 5.91 Å². The normalized spacial score (nSPS) is 10.7. The van der Waals surface area contributed by atoms with Gasteiger partial charge in [0.2, 0.25) is 0 Å². The lowest BCUT2D eigenvalue weighted by atomic mass is 10.1. The first kappa shape index (κ1) is 22.4. The van der Waals surface area contributed by atoms with Gasteiger partial charge in [-0.05, 0) is 83.6 Å². The minimum Gasteiger partial charge on any atom is -0.508 e. The Morgan fingerprint density at radius 3 is 2.06 bits per heavy atom. The van der Waals surface area contributed by atoms with Crippen LogP contribution in [0.2, 0.25) is 0 Å². The van der Waals surface area contributed by atoms with Crippen LogP contribution in [0.5, 0.6) is 23.0 Å². The molecular formula is C29H21NO4S. The number of carbonyl (C=O) groups is 1. The van der Waals surface area contributed by atoms with Gasteiger partial charge in [-0.2, -0.15) is 0 Å². The zero-order valence-corrected chi connectivity index (χ0v) is 19.3. The van der Waals surface area contributed by atoms with Crippen molar-refractivity contribution >= 4 is 34.1 Å². The molecule has 0 fully saturated rings. The van der Waals surface area contributed by atoms with Crippen molar-refractivity contribution in [1.29, 1.82) is 0 Å². The molecule has 0 aliphatic rings. The molecule has 5 nitrogen and oxygen atoms in total. The van der Waals surface area contributed by atoms with Crippen LogP contribution in [-0.4, -0.2) is 16.1 Å². The maximum atomic E-state index is 12.8. The molecule has 5 rings (SSSR count). The van der Waals surface area contributed by atoms with Crippen molar-refractivity contribution in [3.8, 4) is 23.0 Å². The van der Waals surface area contributed by atoms with E-state index in [2.05, 4.69) is 5.32 Å². The molecule has 0 unspecified atom stereocenters. The van der Waals surface area contributed by atoms with Crippen molar-refractivity contribution in [2.45, 2.75) is 9.79 Å². The molecule has 0 atom stereocenters. The molecule has 0 radical (unpaired) electrons. The minimum absolute atomic E-state index is 0.0705. The van der Waals surface area contributed by atoms with Crippen molar-refractivity contribution in [3.05, 3.63) is 115 Å². The van der Waals surface area contributed by atoms with Crippen LogP contribution in [0.3, 0.4) is 0 Å². The first-order valence-electron chi connectivity index (χ1n) is 10.9. The maximum absolute atomic E-state index is 12.8. The second-order valence-corrected chi connectivity index (χ2v) is 9.01. The number of rotatable bonds is 6. The lowest BCUT2D eigenvalue weighted by molar-refractivity contribution is 0.102. The summed E-state index contributed by atoms with van der Waals surface area (Å²) < 4.78 is 5.97. The Labute approximate surface area is 206 Å². The van der Waals surface area contributed by atoms with E-state index in [1.165, 1.54) is 0 Å². The average molecular weight is 480 g/mol. The van der Waals surface area contributed by atoms with Crippen molar-refractivity contribution in [3.63, 3.8) is 0 Å². The summed E-state index contributed by atoms with van der Waals surface area (Å²) in [6.45, 7) is 0. The number of ether oxygens (including phenoxy) is 1. The highest BCUT2D eigenvalue weighted by Gasteiger charge is 2.13. The van der Waals surface area contributed by atoms with Crippen LogP contribution >= 0.6 is 11.8 Å². The quantitative estimate of drug-likeness (QED) is 0.236. The van der Waals surface area contributed by atoms with Crippen molar-refractivity contribution < 1.29 is 19.7 Å². The molecule has 6 heteroatoms. The number of amides is 1. The van der Waals surface area contributed by atoms with Gasteiger partial charge in [0.25, 0.3) is 5.91 Å². The number of benzene rings is 5. The van der Waals surface area contributed by atoms with E-state index in [0.717, 1.165) is 20.6 Å². The predicted molar refractivity (Wildman–Crippen MR) is 139 cm³/mol. The molecular weight excluding hydrogens is 458 g/mol. The van der Waals surface area contributed by atoms with Crippen LogP contribution in [0.25, 0.3) is 10.8 Å². The Morgan fingerprint density at radius 2 is 1.34 bits per heavy atom. The number of phenolic OH excluding ortho intramolecular Hbond substituents is 2. The fourth-order valence-electron chi connectivity index (χ4n) is 3.61. The number of phenols is 2. The van der Waals surface area contributed by atoms with Crippen LogP contribution in [-0.2, 0) is 0 Å². The van der Waals surface area contributed by atoms with Gasteiger partial charge in [-0.25, -0.2) is 0 Å². The SMILES string of the molecule is O=C(Nc1cccc(Oc2ccc(Sc3ccc(O)cc3)cc2)c1)c1cc2ccccc2cc1O. The molecule has 35 heavy (non-hydrogen) atoms. The summed E-state index contributed by atoms with van der Waals surface area (Å²) in [6, 6.07) is 32.6. The number of anilines is 1. The highest BCUT2D eigenvalue weighted by molar-refractivity contribution is 7.99. The third kappa shape index (κ3) is 5.39. The molecule has 0 spiro atoms. The van der Waals surface area contributed by atoms with Crippen molar-refractivity contribution in [1.82, 2.24) is 0 Å². The van der Waals surface area contributed by atoms with Gasteiger partial charge in [0.1, 0.15) is 23.0 Å².